The molecule has 0 aliphatic heterocycles. The van der Waals surface area contributed by atoms with Crippen LogP contribution in [-0.4, -0.2) is 15.8 Å². The van der Waals surface area contributed by atoms with Gasteiger partial charge in [0.1, 0.15) is 5.78 Å². The molecular weight excluding hydrogens is 320 g/mol. The van der Waals surface area contributed by atoms with E-state index in [9.17, 15) is 4.79 Å². The molecule has 3 nitrogen and oxygen atoms in total. The monoisotopic (exact) mass is 356 g/mol. The smallest absolute Gasteiger partial charge is 0.159 e. The Kier molecular flexibility index (Phi) is 16.2. The van der Waals surface area contributed by atoms with Gasteiger partial charge in [-0.25, -0.2) is 9.97 Å². The third kappa shape index (κ3) is 9.26. The standard InChI is InChI=1S/C12H8N2.C5H10O.3C2H6/c1-2-6-11-9(4-1)8-10-5-3-7-13-12(10)14-11;1-4(2)5(3)6;3*1-2/h1-8H;4H,1-3H3;3*1-2H3. The molecule has 0 saturated heterocycles. The number of carbonyl (C=O) groups excluding carboxylic acids is 1. The number of nitrogens with zero attached hydrogens (tertiary/aromatic N) is 2. The Labute approximate surface area is 159 Å². The topological polar surface area (TPSA) is 42.9 Å². The van der Waals surface area contributed by atoms with Gasteiger partial charge >= 0.3 is 0 Å². The number of ketones is 1. The second-order valence-corrected chi connectivity index (χ2v) is 5.00. The molecule has 0 amide bonds. The number of aromatic nitrogens is 2. The quantitative estimate of drug-likeness (QED) is 0.437. The number of fused-ring (bicyclic) bond motifs is 2. The normalized spacial score (nSPS) is 8.69. The molecular formula is C23H36N2O. The number of pyridine rings is 2. The Hall–Kier alpha value is -2.29. The van der Waals surface area contributed by atoms with E-state index in [1.165, 1.54) is 0 Å². The predicted molar refractivity (Wildman–Crippen MR) is 117 cm³/mol. The number of hydrogen-bond acceptors (Lipinski definition) is 3. The minimum atomic E-state index is 0.213. The highest BCUT2D eigenvalue weighted by Crippen LogP contribution is 2.16. The van der Waals surface area contributed by atoms with Crippen molar-refractivity contribution in [2.24, 2.45) is 5.92 Å². The summed E-state index contributed by atoms with van der Waals surface area (Å²) in [6.07, 6.45) is 1.77. The number of rotatable bonds is 1. The van der Waals surface area contributed by atoms with Crippen molar-refractivity contribution >= 4 is 27.7 Å². The Morgan fingerprint density at radius 2 is 1.35 bits per heavy atom. The second-order valence-electron chi connectivity index (χ2n) is 5.00. The van der Waals surface area contributed by atoms with Crippen molar-refractivity contribution in [3.05, 3.63) is 48.7 Å². The lowest BCUT2D eigenvalue weighted by Gasteiger charge is -1.99. The predicted octanol–water partition coefficient (Wildman–Crippen LogP) is 7.09. The summed E-state index contributed by atoms with van der Waals surface area (Å²) in [4.78, 5) is 18.8. The van der Waals surface area contributed by atoms with Crippen LogP contribution in [0.25, 0.3) is 21.9 Å². The average Bonchev–Trinajstić information content (AvgIpc) is 2.71. The largest absolute Gasteiger partial charge is 0.300 e. The van der Waals surface area contributed by atoms with Crippen molar-refractivity contribution in [2.75, 3.05) is 0 Å². The molecule has 3 aromatic rings. The van der Waals surface area contributed by atoms with Crippen molar-refractivity contribution in [1.82, 2.24) is 9.97 Å². The van der Waals surface area contributed by atoms with Crippen LogP contribution in [0.15, 0.2) is 48.7 Å². The summed E-state index contributed by atoms with van der Waals surface area (Å²) in [7, 11) is 0. The highest BCUT2D eigenvalue weighted by molar-refractivity contribution is 5.90. The summed E-state index contributed by atoms with van der Waals surface area (Å²) >= 11 is 0. The molecule has 144 valence electrons. The first-order valence-electron chi connectivity index (χ1n) is 9.69. The maximum atomic E-state index is 10.1. The first kappa shape index (κ1) is 25.9. The maximum Gasteiger partial charge on any atom is 0.159 e. The minimum absolute atomic E-state index is 0.213. The number of benzene rings is 1. The van der Waals surface area contributed by atoms with E-state index in [1.54, 1.807) is 13.1 Å². The van der Waals surface area contributed by atoms with E-state index in [0.29, 0.717) is 0 Å². The van der Waals surface area contributed by atoms with Crippen LogP contribution in [0.4, 0.5) is 0 Å². The van der Waals surface area contributed by atoms with Crippen LogP contribution in [0.5, 0.6) is 0 Å². The molecule has 0 N–H and O–H groups in total. The van der Waals surface area contributed by atoms with E-state index in [1.807, 2.05) is 85.7 Å². The zero-order chi connectivity index (χ0) is 20.5. The highest BCUT2D eigenvalue weighted by Gasteiger charge is 1.98. The molecule has 0 radical (unpaired) electrons. The van der Waals surface area contributed by atoms with E-state index in [0.717, 1.165) is 21.9 Å². The van der Waals surface area contributed by atoms with E-state index < -0.39 is 0 Å². The number of carbonyl (C=O) groups is 1. The van der Waals surface area contributed by atoms with Gasteiger partial charge in [-0.1, -0.05) is 73.6 Å². The molecule has 0 aliphatic rings. The molecule has 3 rings (SSSR count). The Balaban J connectivity index is 0. The number of para-hydroxylation sites is 1. The van der Waals surface area contributed by atoms with Crippen molar-refractivity contribution in [1.29, 1.82) is 0 Å². The molecule has 0 unspecified atom stereocenters. The SMILES string of the molecule is CC.CC.CC.CC(=O)C(C)C.c1ccc2nc3ncccc3cc2c1. The molecule has 0 spiro atoms. The highest BCUT2D eigenvalue weighted by atomic mass is 16.1. The van der Waals surface area contributed by atoms with Crippen molar-refractivity contribution in [3.8, 4) is 0 Å². The summed E-state index contributed by atoms with van der Waals surface area (Å²) in [5.41, 5.74) is 1.81. The van der Waals surface area contributed by atoms with Crippen molar-refractivity contribution < 1.29 is 4.79 Å². The summed E-state index contributed by atoms with van der Waals surface area (Å²) < 4.78 is 0. The summed E-state index contributed by atoms with van der Waals surface area (Å²) in [6.45, 7) is 17.4. The van der Waals surface area contributed by atoms with Gasteiger partial charge in [0.05, 0.1) is 5.52 Å². The fourth-order valence-corrected chi connectivity index (χ4v) is 1.61. The second kappa shape index (κ2) is 16.2. The zero-order valence-corrected chi connectivity index (χ0v) is 18.0. The summed E-state index contributed by atoms with van der Waals surface area (Å²) in [5.74, 6) is 0.472. The molecule has 0 saturated carbocycles. The van der Waals surface area contributed by atoms with Gasteiger partial charge in [0.2, 0.25) is 0 Å². The lowest BCUT2D eigenvalue weighted by Crippen LogP contribution is -1.98. The third-order valence-corrected chi connectivity index (χ3v) is 3.10. The van der Waals surface area contributed by atoms with E-state index in [2.05, 4.69) is 22.1 Å². The van der Waals surface area contributed by atoms with E-state index >= 15 is 0 Å². The van der Waals surface area contributed by atoms with Crippen LogP contribution < -0.4 is 0 Å². The van der Waals surface area contributed by atoms with Gasteiger partial charge in [-0.3, -0.25) is 4.79 Å². The molecule has 0 bridgehead atoms. The first-order valence-corrected chi connectivity index (χ1v) is 9.69. The van der Waals surface area contributed by atoms with Gasteiger partial charge in [0.25, 0.3) is 0 Å². The van der Waals surface area contributed by atoms with Crippen molar-refractivity contribution in [2.45, 2.75) is 62.3 Å². The number of Topliss-reactive ketones (excluding diaryl/α,β-unsaturated/α-hetero) is 1. The third-order valence-electron chi connectivity index (χ3n) is 3.10. The summed E-state index contributed by atoms with van der Waals surface area (Å²) in [6, 6.07) is 14.2. The molecule has 2 aromatic heterocycles. The van der Waals surface area contributed by atoms with E-state index in [4.69, 9.17) is 0 Å². The molecule has 0 aliphatic carbocycles. The fourth-order valence-electron chi connectivity index (χ4n) is 1.61. The molecule has 2 heterocycles. The summed E-state index contributed by atoms with van der Waals surface area (Å²) in [5, 5.41) is 2.25. The zero-order valence-electron chi connectivity index (χ0n) is 18.0. The van der Waals surface area contributed by atoms with Crippen molar-refractivity contribution in [3.63, 3.8) is 0 Å². The Morgan fingerprint density at radius 3 is 1.88 bits per heavy atom. The first-order chi connectivity index (χ1) is 12.6. The van der Waals surface area contributed by atoms with Crippen LogP contribution in [0.2, 0.25) is 0 Å². The van der Waals surface area contributed by atoms with Gasteiger partial charge in [-0.2, -0.15) is 0 Å². The van der Waals surface area contributed by atoms with Gasteiger partial charge in [0.15, 0.2) is 5.65 Å². The van der Waals surface area contributed by atoms with Crippen LogP contribution in [0.3, 0.4) is 0 Å². The van der Waals surface area contributed by atoms with Gasteiger partial charge in [-0.15, -0.1) is 0 Å². The molecule has 3 heteroatoms. The maximum absolute atomic E-state index is 10.1. The molecule has 1 aromatic carbocycles. The molecule has 0 atom stereocenters. The minimum Gasteiger partial charge on any atom is -0.300 e. The van der Waals surface area contributed by atoms with Gasteiger partial charge in [0, 0.05) is 22.9 Å². The lowest BCUT2D eigenvalue weighted by atomic mass is 10.1. The van der Waals surface area contributed by atoms with Gasteiger partial charge < -0.3 is 0 Å². The van der Waals surface area contributed by atoms with Crippen LogP contribution >= 0.6 is 0 Å². The number of hydrogen-bond donors (Lipinski definition) is 0. The average molecular weight is 357 g/mol. The van der Waals surface area contributed by atoms with Crippen LogP contribution in [-0.2, 0) is 4.79 Å². The molecule has 26 heavy (non-hydrogen) atoms. The van der Waals surface area contributed by atoms with Crippen LogP contribution in [0.1, 0.15) is 62.3 Å². The lowest BCUT2D eigenvalue weighted by molar-refractivity contribution is -0.119. The Bertz CT molecular complexity index is 631. The van der Waals surface area contributed by atoms with Gasteiger partial charge in [-0.05, 0) is 31.2 Å². The Morgan fingerprint density at radius 1 is 0.846 bits per heavy atom. The molecule has 0 fully saturated rings. The van der Waals surface area contributed by atoms with Crippen LogP contribution in [0, 0.1) is 5.92 Å². The fraction of sp³-hybridized carbons (Fsp3) is 0.435. The van der Waals surface area contributed by atoms with E-state index in [-0.39, 0.29) is 11.7 Å².